The number of carbonyl (C=O) groups is 1. The Hall–Kier alpha value is -1.10. The summed E-state index contributed by atoms with van der Waals surface area (Å²) in [5.41, 5.74) is -0.649. The number of hydrogen-bond donors (Lipinski definition) is 2. The lowest BCUT2D eigenvalue weighted by Gasteiger charge is -2.17. The fraction of sp³-hybridized carbons (Fsp3) is 0.400. The summed E-state index contributed by atoms with van der Waals surface area (Å²) in [4.78, 5) is 25.6. The number of aromatic amines is 1. The van der Waals surface area contributed by atoms with Gasteiger partial charge in [0.15, 0.2) is 5.43 Å². The van der Waals surface area contributed by atoms with Crippen molar-refractivity contribution < 1.29 is 4.79 Å². The van der Waals surface area contributed by atoms with Crippen LogP contribution in [0.5, 0.6) is 0 Å². The van der Waals surface area contributed by atoms with Gasteiger partial charge in [0.25, 0.3) is 0 Å². The quantitative estimate of drug-likeness (QED) is 0.770. The van der Waals surface area contributed by atoms with Crippen molar-refractivity contribution in [2.24, 2.45) is 5.41 Å². The Morgan fingerprint density at radius 2 is 2.00 bits per heavy atom. The van der Waals surface area contributed by atoms with Crippen molar-refractivity contribution in [2.45, 2.75) is 20.8 Å². The van der Waals surface area contributed by atoms with Crippen molar-refractivity contribution in [2.75, 3.05) is 5.32 Å². The summed E-state index contributed by atoms with van der Waals surface area (Å²) >= 11 is 3.15. The summed E-state index contributed by atoms with van der Waals surface area (Å²) in [5.74, 6) is 0.255. The van der Waals surface area contributed by atoms with E-state index >= 15 is 0 Å². The number of carbonyl (C=O) groups excluding carboxylic acids is 1. The molecule has 15 heavy (non-hydrogen) atoms. The fourth-order valence-corrected chi connectivity index (χ4v) is 1.33. The lowest BCUT2D eigenvalue weighted by atomic mass is 9.96. The number of hydrogen-bond acceptors (Lipinski definition) is 2. The van der Waals surface area contributed by atoms with Gasteiger partial charge >= 0.3 is 0 Å². The first-order chi connectivity index (χ1) is 6.79. The van der Waals surface area contributed by atoms with Gasteiger partial charge in [-0.3, -0.25) is 9.59 Å². The molecule has 5 heteroatoms. The predicted octanol–water partition coefficient (Wildman–Crippen LogP) is 2.12. The Labute approximate surface area is 96.2 Å². The van der Waals surface area contributed by atoms with Gasteiger partial charge in [-0.05, 0) is 15.9 Å². The summed E-state index contributed by atoms with van der Waals surface area (Å²) in [6.45, 7) is 5.41. The first-order valence-electron chi connectivity index (χ1n) is 4.50. The number of anilines is 1. The average Bonchev–Trinajstić information content (AvgIpc) is 1.99. The van der Waals surface area contributed by atoms with Crippen LogP contribution >= 0.6 is 15.9 Å². The lowest BCUT2D eigenvalue weighted by Crippen LogP contribution is -2.28. The Kier molecular flexibility index (Phi) is 3.34. The van der Waals surface area contributed by atoms with Crippen LogP contribution in [-0.4, -0.2) is 10.9 Å². The highest BCUT2D eigenvalue weighted by atomic mass is 79.9. The van der Waals surface area contributed by atoms with Gasteiger partial charge in [-0.25, -0.2) is 0 Å². The SMILES string of the molecule is CC(C)(C)C(=O)Nc1cc(=O)cc(Br)[nH]1. The van der Waals surface area contributed by atoms with Gasteiger partial charge in [0.05, 0.1) is 4.60 Å². The van der Waals surface area contributed by atoms with Gasteiger partial charge in [0.2, 0.25) is 5.91 Å². The topological polar surface area (TPSA) is 62.0 Å². The van der Waals surface area contributed by atoms with E-state index in [9.17, 15) is 9.59 Å². The third kappa shape index (κ3) is 3.51. The van der Waals surface area contributed by atoms with Crippen molar-refractivity contribution in [1.29, 1.82) is 0 Å². The second kappa shape index (κ2) is 4.18. The Bertz CT molecular complexity index is 432. The number of aromatic nitrogens is 1. The Morgan fingerprint density at radius 3 is 2.47 bits per heavy atom. The molecule has 0 fully saturated rings. The molecule has 1 rings (SSSR count). The number of halogens is 1. The van der Waals surface area contributed by atoms with Gasteiger partial charge in [0, 0.05) is 17.5 Å². The second-order valence-corrected chi connectivity index (χ2v) is 5.14. The van der Waals surface area contributed by atoms with Crippen LogP contribution in [0.2, 0.25) is 0 Å². The highest BCUT2D eigenvalue weighted by Gasteiger charge is 2.21. The van der Waals surface area contributed by atoms with E-state index in [0.717, 1.165) is 0 Å². The molecule has 0 spiro atoms. The minimum absolute atomic E-state index is 0.142. The predicted molar refractivity (Wildman–Crippen MR) is 62.8 cm³/mol. The highest BCUT2D eigenvalue weighted by Crippen LogP contribution is 2.16. The van der Waals surface area contributed by atoms with Crippen molar-refractivity contribution in [3.05, 3.63) is 27.0 Å². The van der Waals surface area contributed by atoms with Crippen molar-refractivity contribution in [3.8, 4) is 0 Å². The molecule has 1 amide bonds. The number of nitrogens with one attached hydrogen (secondary N) is 2. The zero-order valence-electron chi connectivity index (χ0n) is 8.85. The molecule has 2 N–H and O–H groups in total. The van der Waals surface area contributed by atoms with Crippen molar-refractivity contribution in [3.63, 3.8) is 0 Å². The maximum atomic E-state index is 11.6. The van der Waals surface area contributed by atoms with Crippen molar-refractivity contribution >= 4 is 27.7 Å². The van der Waals surface area contributed by atoms with E-state index in [0.29, 0.717) is 10.4 Å². The number of rotatable bonds is 1. The molecule has 82 valence electrons. The van der Waals surface area contributed by atoms with Crippen LogP contribution < -0.4 is 10.7 Å². The van der Waals surface area contributed by atoms with Crippen LogP contribution in [0.3, 0.4) is 0 Å². The smallest absolute Gasteiger partial charge is 0.230 e. The Morgan fingerprint density at radius 1 is 1.40 bits per heavy atom. The molecule has 0 saturated carbocycles. The van der Waals surface area contributed by atoms with Crippen molar-refractivity contribution in [1.82, 2.24) is 4.98 Å². The number of pyridine rings is 1. The van der Waals surface area contributed by atoms with E-state index in [2.05, 4.69) is 26.2 Å². The van der Waals surface area contributed by atoms with Crippen LogP contribution in [-0.2, 0) is 4.79 Å². The van der Waals surface area contributed by atoms with Crippen LogP contribution in [0.15, 0.2) is 21.5 Å². The fourth-order valence-electron chi connectivity index (χ4n) is 0.887. The third-order valence-electron chi connectivity index (χ3n) is 1.74. The average molecular weight is 273 g/mol. The Balaban J connectivity index is 2.91. The lowest BCUT2D eigenvalue weighted by molar-refractivity contribution is -0.123. The first-order valence-corrected chi connectivity index (χ1v) is 5.29. The van der Waals surface area contributed by atoms with E-state index in [1.165, 1.54) is 12.1 Å². The van der Waals surface area contributed by atoms with E-state index in [-0.39, 0.29) is 11.3 Å². The molecule has 0 saturated heterocycles. The molecule has 0 aliphatic rings. The normalized spacial score (nSPS) is 11.2. The molecule has 1 aromatic rings. The molecule has 0 radical (unpaired) electrons. The van der Waals surface area contributed by atoms with Crippen LogP contribution in [0.4, 0.5) is 5.82 Å². The third-order valence-corrected chi connectivity index (χ3v) is 2.17. The van der Waals surface area contributed by atoms with Crippen LogP contribution in [0, 0.1) is 5.41 Å². The van der Waals surface area contributed by atoms with E-state index in [1.807, 2.05) is 0 Å². The molecule has 0 aliphatic carbocycles. The molecular formula is C10H13BrN2O2. The zero-order valence-corrected chi connectivity index (χ0v) is 10.4. The summed E-state index contributed by atoms with van der Waals surface area (Å²) in [6.07, 6.45) is 0. The molecule has 0 atom stereocenters. The summed E-state index contributed by atoms with van der Waals surface area (Å²) in [7, 11) is 0. The molecule has 0 aromatic carbocycles. The molecule has 1 aromatic heterocycles. The molecule has 4 nitrogen and oxygen atoms in total. The van der Waals surface area contributed by atoms with Gasteiger partial charge in [0.1, 0.15) is 5.82 Å². The van der Waals surface area contributed by atoms with Gasteiger partial charge in [-0.1, -0.05) is 20.8 Å². The molecule has 1 heterocycles. The number of H-pyrrole nitrogens is 1. The molecule has 0 unspecified atom stereocenters. The van der Waals surface area contributed by atoms with Gasteiger partial charge in [-0.2, -0.15) is 0 Å². The zero-order chi connectivity index (χ0) is 11.6. The highest BCUT2D eigenvalue weighted by molar-refractivity contribution is 9.10. The van der Waals surface area contributed by atoms with E-state index in [1.54, 1.807) is 20.8 Å². The van der Waals surface area contributed by atoms with Gasteiger partial charge < -0.3 is 10.3 Å². The molecular weight excluding hydrogens is 260 g/mol. The second-order valence-electron chi connectivity index (χ2n) is 4.28. The largest absolute Gasteiger partial charge is 0.336 e. The van der Waals surface area contributed by atoms with E-state index < -0.39 is 5.41 Å². The molecule has 0 aliphatic heterocycles. The maximum Gasteiger partial charge on any atom is 0.230 e. The standard InChI is InChI=1S/C10H13BrN2O2/c1-10(2,3)9(15)13-8-5-6(14)4-7(11)12-8/h4-5H,1-3H3,(H2,12,13,14,15). The summed E-state index contributed by atoms with van der Waals surface area (Å²) in [5, 5.41) is 2.64. The summed E-state index contributed by atoms with van der Waals surface area (Å²) in [6, 6.07) is 2.74. The van der Waals surface area contributed by atoms with Crippen LogP contribution in [0.25, 0.3) is 0 Å². The minimum Gasteiger partial charge on any atom is -0.336 e. The first kappa shape index (κ1) is 12.0. The molecule has 0 bridgehead atoms. The minimum atomic E-state index is -0.487. The van der Waals surface area contributed by atoms with Crippen LogP contribution in [0.1, 0.15) is 20.8 Å². The van der Waals surface area contributed by atoms with Gasteiger partial charge in [-0.15, -0.1) is 0 Å². The number of amides is 1. The maximum absolute atomic E-state index is 11.6. The monoisotopic (exact) mass is 272 g/mol. The van der Waals surface area contributed by atoms with E-state index in [4.69, 9.17) is 0 Å². The summed E-state index contributed by atoms with van der Waals surface area (Å²) < 4.78 is 0.541.